The van der Waals surface area contributed by atoms with Crippen molar-refractivity contribution in [2.75, 3.05) is 38.0 Å². The van der Waals surface area contributed by atoms with Crippen LogP contribution in [0.25, 0.3) is 0 Å². The van der Waals surface area contributed by atoms with E-state index in [0.29, 0.717) is 13.0 Å². The fourth-order valence-corrected chi connectivity index (χ4v) is 3.15. The highest BCUT2D eigenvalue weighted by Gasteiger charge is 2.23. The number of benzene rings is 1. The third-order valence-electron chi connectivity index (χ3n) is 4.48. The monoisotopic (exact) mass is 457 g/mol. The molecule has 0 aliphatic rings. The molecule has 0 aliphatic heterocycles. The zero-order chi connectivity index (χ0) is 23.0. The van der Waals surface area contributed by atoms with Gasteiger partial charge in [0.25, 0.3) is 0 Å². The van der Waals surface area contributed by atoms with E-state index in [-0.39, 0.29) is 22.2 Å². The van der Waals surface area contributed by atoms with Gasteiger partial charge in [0.1, 0.15) is 11.9 Å². The van der Waals surface area contributed by atoms with Crippen molar-refractivity contribution in [3.63, 3.8) is 0 Å². The van der Waals surface area contributed by atoms with Gasteiger partial charge in [-0.3, -0.25) is 9.59 Å². The first kappa shape index (κ1) is 25.4. The summed E-state index contributed by atoms with van der Waals surface area (Å²) in [5.41, 5.74) is 13.8. The van der Waals surface area contributed by atoms with Crippen LogP contribution in [0.3, 0.4) is 0 Å². The minimum atomic E-state index is -0.570. The maximum Gasteiger partial charge on any atom is 0.242 e. The molecule has 0 aromatic heterocycles. The summed E-state index contributed by atoms with van der Waals surface area (Å²) in [6.45, 7) is 2.16. The quantitative estimate of drug-likeness (QED) is 0.212. The zero-order valence-corrected chi connectivity index (χ0v) is 19.3. The van der Waals surface area contributed by atoms with Gasteiger partial charge in [0.2, 0.25) is 12.3 Å². The van der Waals surface area contributed by atoms with E-state index in [4.69, 9.17) is 34.7 Å². The molecule has 0 bridgehead atoms. The molecule has 1 atom stereocenters. The van der Waals surface area contributed by atoms with Crippen molar-refractivity contribution in [3.8, 4) is 0 Å². The van der Waals surface area contributed by atoms with Gasteiger partial charge in [-0.2, -0.15) is 0 Å². The largest absolute Gasteiger partial charge is 0.383 e. The van der Waals surface area contributed by atoms with Crippen molar-refractivity contribution in [2.45, 2.75) is 25.9 Å². The van der Waals surface area contributed by atoms with Crippen molar-refractivity contribution >= 4 is 52.2 Å². The summed E-state index contributed by atoms with van der Waals surface area (Å²) in [4.78, 5) is 32.5. The number of hydrogen-bond donors (Lipinski definition) is 3. The topological polar surface area (TPSA) is 120 Å². The number of aliphatic imine (C=N–C) groups is 1. The van der Waals surface area contributed by atoms with Gasteiger partial charge in [0.05, 0.1) is 11.4 Å². The Bertz CT molecular complexity index is 823. The number of anilines is 2. The molecule has 0 aliphatic carbocycles. The Morgan fingerprint density at radius 3 is 2.33 bits per heavy atom. The summed E-state index contributed by atoms with van der Waals surface area (Å²) in [7, 11) is 7.09. The van der Waals surface area contributed by atoms with Crippen molar-refractivity contribution in [3.05, 3.63) is 34.7 Å². The van der Waals surface area contributed by atoms with Crippen LogP contribution >= 0.6 is 23.2 Å². The fraction of sp³-hybridized carbons (Fsp3) is 0.421. The van der Waals surface area contributed by atoms with Crippen LogP contribution in [0.2, 0.25) is 0 Å². The van der Waals surface area contributed by atoms with E-state index in [1.54, 1.807) is 14.1 Å². The summed E-state index contributed by atoms with van der Waals surface area (Å²) in [5.74, 6) is -0.144. The average Bonchev–Trinajstić information content (AvgIpc) is 2.70. The number of halogens is 2. The number of carbonyl (C=O) groups excluding carboxylic acids is 2. The molecule has 0 spiro atoms. The molecule has 2 amide bonds. The second-order valence-electron chi connectivity index (χ2n) is 6.80. The van der Waals surface area contributed by atoms with Gasteiger partial charge in [-0.1, -0.05) is 24.6 Å². The highest BCUT2D eigenvalue weighted by atomic mass is 35.5. The van der Waals surface area contributed by atoms with Gasteiger partial charge in [0.15, 0.2) is 10.5 Å². The van der Waals surface area contributed by atoms with Crippen LogP contribution in [0.4, 0.5) is 11.4 Å². The molecule has 11 heteroatoms. The molecule has 166 valence electrons. The molecule has 0 radical (unpaired) electrons. The van der Waals surface area contributed by atoms with Crippen molar-refractivity contribution in [1.29, 1.82) is 0 Å². The zero-order valence-electron chi connectivity index (χ0n) is 17.8. The van der Waals surface area contributed by atoms with Crippen molar-refractivity contribution < 1.29 is 9.59 Å². The normalized spacial score (nSPS) is 13.2. The summed E-state index contributed by atoms with van der Waals surface area (Å²) in [6.07, 6.45) is 1.23. The Hall–Kier alpha value is -2.65. The second-order valence-corrected chi connectivity index (χ2v) is 7.54. The lowest BCUT2D eigenvalue weighted by atomic mass is 10.1. The average molecular weight is 458 g/mol. The summed E-state index contributed by atoms with van der Waals surface area (Å²) < 4.78 is 0. The second kappa shape index (κ2) is 11.5. The van der Waals surface area contributed by atoms with Gasteiger partial charge in [-0.05, 0) is 35.7 Å². The Balaban J connectivity index is 2.98. The first-order valence-corrected chi connectivity index (χ1v) is 9.92. The van der Waals surface area contributed by atoms with E-state index in [1.165, 1.54) is 9.80 Å². The maximum atomic E-state index is 12.8. The van der Waals surface area contributed by atoms with Crippen LogP contribution in [-0.2, 0) is 16.1 Å². The number of amidine groups is 1. The van der Waals surface area contributed by atoms with E-state index >= 15 is 0 Å². The Kier molecular flexibility index (Phi) is 9.74. The third-order valence-corrected chi connectivity index (χ3v) is 4.84. The van der Waals surface area contributed by atoms with Crippen LogP contribution in [0, 0.1) is 0 Å². The number of nitrogens with two attached hydrogens (primary N) is 2. The standard InChI is InChI=1S/C19H29Cl2N7O2/c1-6-13(28(5)17(22)16(20)25-19(21)23)18(30)24-10-12-7-8-14(27(4)11-29)15(9-12)26(2)3/h7-9,11,13H,6,10,22H2,1-5H3,(H2,23,25)(H,24,30)/b17-16+. The molecular formula is C19H29Cl2N7O2. The summed E-state index contributed by atoms with van der Waals surface area (Å²) in [6, 6.07) is 5.04. The Morgan fingerprint density at radius 2 is 1.83 bits per heavy atom. The molecular weight excluding hydrogens is 429 g/mol. The first-order chi connectivity index (χ1) is 14.0. The molecule has 0 saturated carbocycles. The summed E-state index contributed by atoms with van der Waals surface area (Å²) in [5, 5.41) is 2.55. The van der Waals surface area contributed by atoms with E-state index in [9.17, 15) is 9.59 Å². The maximum absolute atomic E-state index is 12.8. The summed E-state index contributed by atoms with van der Waals surface area (Å²) >= 11 is 11.5. The molecule has 0 heterocycles. The highest BCUT2D eigenvalue weighted by molar-refractivity contribution is 6.64. The lowest BCUT2D eigenvalue weighted by molar-refractivity contribution is -0.125. The van der Waals surface area contributed by atoms with Crippen molar-refractivity contribution in [2.24, 2.45) is 16.5 Å². The van der Waals surface area contributed by atoms with Gasteiger partial charge in [-0.25, -0.2) is 4.99 Å². The Morgan fingerprint density at radius 1 is 1.20 bits per heavy atom. The fourth-order valence-electron chi connectivity index (χ4n) is 2.80. The first-order valence-electron chi connectivity index (χ1n) is 9.17. The minimum Gasteiger partial charge on any atom is -0.383 e. The van der Waals surface area contributed by atoms with Gasteiger partial charge < -0.3 is 31.5 Å². The van der Waals surface area contributed by atoms with Crippen LogP contribution in [0.5, 0.6) is 0 Å². The van der Waals surface area contributed by atoms with E-state index in [1.807, 2.05) is 44.1 Å². The molecule has 30 heavy (non-hydrogen) atoms. The number of nitrogens with zero attached hydrogens (tertiary/aromatic N) is 4. The van der Waals surface area contributed by atoms with Crippen LogP contribution in [0.1, 0.15) is 18.9 Å². The number of likely N-dealkylation sites (N-methyl/N-ethyl adjacent to an activating group) is 1. The predicted molar refractivity (Wildman–Crippen MR) is 123 cm³/mol. The Labute approximate surface area is 187 Å². The van der Waals surface area contributed by atoms with Gasteiger partial charge in [0, 0.05) is 34.7 Å². The van der Waals surface area contributed by atoms with E-state index < -0.39 is 6.04 Å². The predicted octanol–water partition coefficient (Wildman–Crippen LogP) is 1.55. The van der Waals surface area contributed by atoms with E-state index in [2.05, 4.69) is 10.3 Å². The lowest BCUT2D eigenvalue weighted by Crippen LogP contribution is -2.45. The van der Waals surface area contributed by atoms with Crippen LogP contribution < -0.4 is 26.6 Å². The minimum absolute atomic E-state index is 0.0819. The number of amides is 2. The van der Waals surface area contributed by atoms with E-state index in [0.717, 1.165) is 23.3 Å². The number of hydrogen-bond acceptors (Lipinski definition) is 6. The smallest absolute Gasteiger partial charge is 0.242 e. The molecule has 1 unspecified atom stereocenters. The highest BCUT2D eigenvalue weighted by Crippen LogP contribution is 2.28. The van der Waals surface area contributed by atoms with Crippen LogP contribution in [0.15, 0.2) is 34.2 Å². The van der Waals surface area contributed by atoms with Crippen molar-refractivity contribution in [1.82, 2.24) is 10.2 Å². The molecule has 9 nitrogen and oxygen atoms in total. The lowest BCUT2D eigenvalue weighted by Gasteiger charge is -2.28. The molecule has 1 aromatic carbocycles. The molecule has 1 rings (SSSR count). The van der Waals surface area contributed by atoms with Gasteiger partial charge in [-0.15, -0.1) is 0 Å². The molecule has 0 saturated heterocycles. The molecule has 1 aromatic rings. The molecule has 5 N–H and O–H groups in total. The number of nitrogens with one attached hydrogen (secondary N) is 1. The molecule has 0 fully saturated rings. The van der Waals surface area contributed by atoms with Gasteiger partial charge >= 0.3 is 0 Å². The SMILES string of the molecule is CCC(C(=O)NCc1ccc(N(C)C=O)c(N(C)C)c1)N(C)/C(N)=C(\Cl)N=C(N)Cl. The number of rotatable bonds is 10. The number of carbonyl (C=O) groups is 2. The third kappa shape index (κ3) is 6.70. The van der Waals surface area contributed by atoms with Crippen LogP contribution in [-0.4, -0.2) is 56.7 Å².